The molecule has 106 valence electrons. The molecular formula is C17H14ClNO2. The topological polar surface area (TPSA) is 42.1 Å². The van der Waals surface area contributed by atoms with Crippen molar-refractivity contribution in [2.24, 2.45) is 0 Å². The van der Waals surface area contributed by atoms with Gasteiger partial charge in [-0.15, -0.1) is 0 Å². The zero-order chi connectivity index (χ0) is 14.8. The molecule has 3 aromatic rings. The number of hydrogen-bond donors (Lipinski definition) is 1. The first-order valence-corrected chi connectivity index (χ1v) is 7.12. The maximum Gasteiger partial charge on any atom is 0.340 e. The lowest BCUT2D eigenvalue weighted by atomic mass is 10.1. The second-order valence-electron chi connectivity index (χ2n) is 4.65. The number of halogens is 1. The van der Waals surface area contributed by atoms with Crippen LogP contribution in [0.3, 0.4) is 0 Å². The molecular weight excluding hydrogens is 286 g/mol. The monoisotopic (exact) mass is 299 g/mol. The summed E-state index contributed by atoms with van der Waals surface area (Å²) in [7, 11) is 0. The molecule has 0 aliphatic carbocycles. The smallest absolute Gasteiger partial charge is 0.340 e. The number of ether oxygens (including phenoxy) is 1. The summed E-state index contributed by atoms with van der Waals surface area (Å²) >= 11 is 6.03. The van der Waals surface area contributed by atoms with Crippen molar-refractivity contribution < 1.29 is 9.53 Å². The Morgan fingerprint density at radius 2 is 1.95 bits per heavy atom. The normalized spacial score (nSPS) is 10.8. The lowest BCUT2D eigenvalue weighted by molar-refractivity contribution is 0.0529. The van der Waals surface area contributed by atoms with Gasteiger partial charge >= 0.3 is 5.97 Å². The van der Waals surface area contributed by atoms with Gasteiger partial charge in [0.25, 0.3) is 0 Å². The highest BCUT2D eigenvalue weighted by atomic mass is 35.5. The molecule has 0 amide bonds. The van der Waals surface area contributed by atoms with Gasteiger partial charge in [0, 0.05) is 15.9 Å². The van der Waals surface area contributed by atoms with Gasteiger partial charge in [-0.25, -0.2) is 4.79 Å². The van der Waals surface area contributed by atoms with Gasteiger partial charge in [-0.3, -0.25) is 0 Å². The van der Waals surface area contributed by atoms with Crippen molar-refractivity contribution in [3.8, 4) is 11.3 Å². The minimum atomic E-state index is -0.329. The van der Waals surface area contributed by atoms with Gasteiger partial charge in [-0.2, -0.15) is 0 Å². The van der Waals surface area contributed by atoms with Gasteiger partial charge in [-0.05, 0) is 24.6 Å². The number of rotatable bonds is 3. The van der Waals surface area contributed by atoms with E-state index < -0.39 is 0 Å². The van der Waals surface area contributed by atoms with Crippen molar-refractivity contribution in [1.82, 2.24) is 4.98 Å². The summed E-state index contributed by atoms with van der Waals surface area (Å²) in [6.45, 7) is 2.14. The SMILES string of the molecule is CCOC(=O)c1c(-c2ccccc2)[nH]c2cc(Cl)ccc12. The van der Waals surface area contributed by atoms with Gasteiger partial charge in [0.05, 0.1) is 17.9 Å². The van der Waals surface area contributed by atoms with E-state index in [1.807, 2.05) is 42.5 Å². The van der Waals surface area contributed by atoms with Crippen LogP contribution in [0.15, 0.2) is 48.5 Å². The maximum absolute atomic E-state index is 12.3. The van der Waals surface area contributed by atoms with Gasteiger partial charge in [0.15, 0.2) is 0 Å². The molecule has 4 heteroatoms. The lowest BCUT2D eigenvalue weighted by Crippen LogP contribution is -2.05. The van der Waals surface area contributed by atoms with E-state index in [1.54, 1.807) is 13.0 Å². The number of carbonyl (C=O) groups is 1. The number of H-pyrrole nitrogens is 1. The highest BCUT2D eigenvalue weighted by Crippen LogP contribution is 2.32. The minimum Gasteiger partial charge on any atom is -0.462 e. The van der Waals surface area contributed by atoms with Gasteiger partial charge in [-0.1, -0.05) is 48.0 Å². The first-order chi connectivity index (χ1) is 10.2. The van der Waals surface area contributed by atoms with E-state index in [2.05, 4.69) is 4.98 Å². The summed E-state index contributed by atoms with van der Waals surface area (Å²) in [5.74, 6) is -0.329. The fraction of sp³-hybridized carbons (Fsp3) is 0.118. The van der Waals surface area contributed by atoms with E-state index in [-0.39, 0.29) is 5.97 Å². The number of aromatic amines is 1. The third-order valence-electron chi connectivity index (χ3n) is 3.30. The van der Waals surface area contributed by atoms with Gasteiger partial charge in [0.1, 0.15) is 0 Å². The third kappa shape index (κ3) is 2.52. The number of aromatic nitrogens is 1. The highest BCUT2D eigenvalue weighted by molar-refractivity contribution is 6.31. The van der Waals surface area contributed by atoms with E-state index in [1.165, 1.54) is 0 Å². The number of fused-ring (bicyclic) bond motifs is 1. The van der Waals surface area contributed by atoms with E-state index in [9.17, 15) is 4.79 Å². The second-order valence-corrected chi connectivity index (χ2v) is 5.09. The van der Waals surface area contributed by atoms with Gasteiger partial charge < -0.3 is 9.72 Å². The Kier molecular flexibility index (Phi) is 3.67. The standard InChI is InChI=1S/C17H14ClNO2/c1-2-21-17(20)15-13-9-8-12(18)10-14(13)19-16(15)11-6-4-3-5-7-11/h3-10,19H,2H2,1H3. The van der Waals surface area contributed by atoms with Gasteiger partial charge in [0.2, 0.25) is 0 Å². The maximum atomic E-state index is 12.3. The Morgan fingerprint density at radius 3 is 2.67 bits per heavy atom. The fourth-order valence-corrected chi connectivity index (χ4v) is 2.58. The molecule has 0 aliphatic heterocycles. The van der Waals surface area contributed by atoms with Crippen LogP contribution in [0.25, 0.3) is 22.2 Å². The summed E-state index contributed by atoms with van der Waals surface area (Å²) in [5, 5.41) is 1.44. The Balaban J connectivity index is 2.27. The molecule has 0 aliphatic rings. The summed E-state index contributed by atoms with van der Waals surface area (Å²) in [5.41, 5.74) is 3.07. The highest BCUT2D eigenvalue weighted by Gasteiger charge is 2.20. The molecule has 0 fully saturated rings. The largest absolute Gasteiger partial charge is 0.462 e. The quantitative estimate of drug-likeness (QED) is 0.714. The van der Waals surface area contributed by atoms with Crippen LogP contribution < -0.4 is 0 Å². The number of benzene rings is 2. The van der Waals surface area contributed by atoms with Crippen LogP contribution in [-0.2, 0) is 4.74 Å². The summed E-state index contributed by atoms with van der Waals surface area (Å²) in [6, 6.07) is 15.1. The molecule has 1 heterocycles. The van der Waals surface area contributed by atoms with Crippen LogP contribution in [0.5, 0.6) is 0 Å². The molecule has 3 rings (SSSR count). The molecule has 1 aromatic heterocycles. The first-order valence-electron chi connectivity index (χ1n) is 6.74. The average molecular weight is 300 g/mol. The van der Waals surface area contributed by atoms with Crippen molar-refractivity contribution in [2.45, 2.75) is 6.92 Å². The number of hydrogen-bond acceptors (Lipinski definition) is 2. The van der Waals surface area contributed by atoms with Crippen molar-refractivity contribution >= 4 is 28.5 Å². The van der Waals surface area contributed by atoms with E-state index in [0.29, 0.717) is 17.2 Å². The Hall–Kier alpha value is -2.26. The second kappa shape index (κ2) is 5.62. The summed E-state index contributed by atoms with van der Waals surface area (Å²) < 4.78 is 5.19. The predicted molar refractivity (Wildman–Crippen MR) is 84.7 cm³/mol. The van der Waals surface area contributed by atoms with Crippen LogP contribution in [-0.4, -0.2) is 17.6 Å². The molecule has 21 heavy (non-hydrogen) atoms. The van der Waals surface area contributed by atoms with Crippen LogP contribution in [0.1, 0.15) is 17.3 Å². The van der Waals surface area contributed by atoms with Crippen molar-refractivity contribution in [2.75, 3.05) is 6.61 Å². The molecule has 0 radical (unpaired) electrons. The lowest BCUT2D eigenvalue weighted by Gasteiger charge is -2.04. The fourth-order valence-electron chi connectivity index (χ4n) is 2.41. The molecule has 0 saturated heterocycles. The van der Waals surface area contributed by atoms with Crippen LogP contribution in [0, 0.1) is 0 Å². The number of carbonyl (C=O) groups excluding carboxylic acids is 1. The molecule has 3 nitrogen and oxygen atoms in total. The van der Waals surface area contributed by atoms with Crippen LogP contribution in [0.2, 0.25) is 5.02 Å². The molecule has 0 saturated carbocycles. The van der Waals surface area contributed by atoms with E-state index in [4.69, 9.17) is 16.3 Å². The van der Waals surface area contributed by atoms with E-state index in [0.717, 1.165) is 22.2 Å². The first kappa shape index (κ1) is 13.7. The van der Waals surface area contributed by atoms with Crippen molar-refractivity contribution in [3.05, 3.63) is 59.1 Å². The molecule has 2 aromatic carbocycles. The van der Waals surface area contributed by atoms with Crippen molar-refractivity contribution in [1.29, 1.82) is 0 Å². The zero-order valence-corrected chi connectivity index (χ0v) is 12.3. The summed E-state index contributed by atoms with van der Waals surface area (Å²) in [6.07, 6.45) is 0. The number of nitrogens with one attached hydrogen (secondary N) is 1. The molecule has 0 atom stereocenters. The van der Waals surface area contributed by atoms with Crippen LogP contribution >= 0.6 is 11.6 Å². The minimum absolute atomic E-state index is 0.329. The molecule has 0 bridgehead atoms. The zero-order valence-electron chi connectivity index (χ0n) is 11.5. The predicted octanol–water partition coefficient (Wildman–Crippen LogP) is 4.67. The Bertz CT molecular complexity index is 793. The number of esters is 1. The average Bonchev–Trinajstić information content (AvgIpc) is 2.87. The molecule has 0 unspecified atom stereocenters. The molecule has 1 N–H and O–H groups in total. The Labute approximate surface area is 127 Å². The summed E-state index contributed by atoms with van der Waals surface area (Å²) in [4.78, 5) is 15.6. The third-order valence-corrected chi connectivity index (χ3v) is 3.54. The van der Waals surface area contributed by atoms with Crippen LogP contribution in [0.4, 0.5) is 0 Å². The molecule has 0 spiro atoms. The Morgan fingerprint density at radius 1 is 1.19 bits per heavy atom. The van der Waals surface area contributed by atoms with Crippen molar-refractivity contribution in [3.63, 3.8) is 0 Å². The van der Waals surface area contributed by atoms with E-state index >= 15 is 0 Å².